The largest absolute Gasteiger partial charge is 0.385 e. The second kappa shape index (κ2) is 7.34. The van der Waals surface area contributed by atoms with Gasteiger partial charge in [-0.3, -0.25) is 0 Å². The van der Waals surface area contributed by atoms with E-state index < -0.39 is 0 Å². The van der Waals surface area contributed by atoms with Crippen molar-refractivity contribution in [2.24, 2.45) is 5.41 Å². The number of rotatable bonds is 7. The first-order valence-corrected chi connectivity index (χ1v) is 6.54. The summed E-state index contributed by atoms with van der Waals surface area (Å²) in [7, 11) is 1.76. The molecule has 0 aromatic rings. The lowest BCUT2D eigenvalue weighted by Crippen LogP contribution is -2.20. The standard InChI is InChI=1S/C9H18Br2O/c1-9(7-10,8-11)5-3-4-6-12-2/h3-8H2,1-2H3. The van der Waals surface area contributed by atoms with Crippen LogP contribution in [0.3, 0.4) is 0 Å². The molecule has 74 valence electrons. The van der Waals surface area contributed by atoms with Gasteiger partial charge >= 0.3 is 0 Å². The van der Waals surface area contributed by atoms with E-state index >= 15 is 0 Å². The maximum absolute atomic E-state index is 5.00. The van der Waals surface area contributed by atoms with E-state index in [1.165, 1.54) is 19.3 Å². The smallest absolute Gasteiger partial charge is 0.0462 e. The van der Waals surface area contributed by atoms with Crippen LogP contribution in [0.2, 0.25) is 0 Å². The second-order valence-electron chi connectivity index (χ2n) is 3.53. The minimum atomic E-state index is 0.410. The first kappa shape index (κ1) is 12.9. The zero-order valence-corrected chi connectivity index (χ0v) is 11.1. The van der Waals surface area contributed by atoms with Gasteiger partial charge in [-0.05, 0) is 18.3 Å². The van der Waals surface area contributed by atoms with Crippen LogP contribution in [0.5, 0.6) is 0 Å². The van der Waals surface area contributed by atoms with Crippen LogP contribution in [-0.4, -0.2) is 24.4 Å². The van der Waals surface area contributed by atoms with E-state index in [2.05, 4.69) is 38.8 Å². The van der Waals surface area contributed by atoms with Crippen LogP contribution in [0, 0.1) is 5.41 Å². The third-order valence-corrected chi connectivity index (χ3v) is 4.73. The highest BCUT2D eigenvalue weighted by atomic mass is 79.9. The van der Waals surface area contributed by atoms with Gasteiger partial charge in [0.15, 0.2) is 0 Å². The molecule has 3 heteroatoms. The van der Waals surface area contributed by atoms with Crippen LogP contribution < -0.4 is 0 Å². The minimum Gasteiger partial charge on any atom is -0.385 e. The average Bonchev–Trinajstić information content (AvgIpc) is 2.12. The van der Waals surface area contributed by atoms with Gasteiger partial charge < -0.3 is 4.74 Å². The van der Waals surface area contributed by atoms with E-state index in [1.54, 1.807) is 7.11 Å². The molecule has 0 saturated heterocycles. The zero-order chi connectivity index (χ0) is 9.45. The molecule has 0 aliphatic heterocycles. The molecule has 0 spiro atoms. The Balaban J connectivity index is 3.45. The quantitative estimate of drug-likeness (QED) is 0.516. The predicted octanol–water partition coefficient (Wildman–Crippen LogP) is 3.60. The van der Waals surface area contributed by atoms with Crippen LogP contribution in [-0.2, 0) is 4.74 Å². The maximum Gasteiger partial charge on any atom is 0.0462 e. The lowest BCUT2D eigenvalue weighted by molar-refractivity contribution is 0.188. The van der Waals surface area contributed by atoms with Crippen molar-refractivity contribution in [3.63, 3.8) is 0 Å². The van der Waals surface area contributed by atoms with Gasteiger partial charge in [-0.25, -0.2) is 0 Å². The molecule has 0 aliphatic rings. The predicted molar refractivity (Wildman–Crippen MR) is 61.4 cm³/mol. The molecule has 0 bridgehead atoms. The number of halogens is 2. The molecule has 0 aromatic carbocycles. The Bertz CT molecular complexity index is 103. The Labute approximate surface area is 92.5 Å². The van der Waals surface area contributed by atoms with Gasteiger partial charge in [-0.15, -0.1) is 0 Å². The molecule has 12 heavy (non-hydrogen) atoms. The van der Waals surface area contributed by atoms with Crippen molar-refractivity contribution in [1.29, 1.82) is 0 Å². The number of hydrogen-bond donors (Lipinski definition) is 0. The molecule has 0 amide bonds. The molecule has 0 radical (unpaired) electrons. The molecule has 0 saturated carbocycles. The molecule has 0 N–H and O–H groups in total. The molecule has 0 atom stereocenters. The van der Waals surface area contributed by atoms with Crippen LogP contribution in [0.25, 0.3) is 0 Å². The number of unbranched alkanes of at least 4 members (excludes halogenated alkanes) is 1. The van der Waals surface area contributed by atoms with E-state index in [1.807, 2.05) is 0 Å². The van der Waals surface area contributed by atoms with Gasteiger partial charge in [-0.2, -0.15) is 0 Å². The molecule has 0 heterocycles. The van der Waals surface area contributed by atoms with Gasteiger partial charge in [0.25, 0.3) is 0 Å². The van der Waals surface area contributed by atoms with Crippen molar-refractivity contribution < 1.29 is 4.74 Å². The summed E-state index contributed by atoms with van der Waals surface area (Å²) >= 11 is 7.08. The Hall–Kier alpha value is 0.920. The van der Waals surface area contributed by atoms with Crippen molar-refractivity contribution in [2.75, 3.05) is 24.4 Å². The number of alkyl halides is 2. The van der Waals surface area contributed by atoms with Crippen molar-refractivity contribution in [1.82, 2.24) is 0 Å². The fraction of sp³-hybridized carbons (Fsp3) is 1.00. The summed E-state index contributed by atoms with van der Waals surface area (Å²) in [6.07, 6.45) is 3.68. The van der Waals surface area contributed by atoms with Crippen molar-refractivity contribution >= 4 is 31.9 Å². The molecular weight excluding hydrogens is 284 g/mol. The normalized spacial score (nSPS) is 12.0. The lowest BCUT2D eigenvalue weighted by atomic mass is 9.90. The van der Waals surface area contributed by atoms with Crippen molar-refractivity contribution in [3.05, 3.63) is 0 Å². The lowest BCUT2D eigenvalue weighted by Gasteiger charge is -2.24. The van der Waals surface area contributed by atoms with Gasteiger partial charge in [0.05, 0.1) is 0 Å². The highest BCUT2D eigenvalue weighted by Crippen LogP contribution is 2.28. The van der Waals surface area contributed by atoms with E-state index in [-0.39, 0.29) is 0 Å². The van der Waals surface area contributed by atoms with Gasteiger partial charge in [0.1, 0.15) is 0 Å². The fourth-order valence-electron chi connectivity index (χ4n) is 0.968. The molecule has 0 aliphatic carbocycles. The summed E-state index contributed by atoms with van der Waals surface area (Å²) in [6.45, 7) is 3.18. The number of ether oxygens (including phenoxy) is 1. The first-order chi connectivity index (χ1) is 5.68. The van der Waals surface area contributed by atoms with Crippen molar-refractivity contribution in [3.8, 4) is 0 Å². The minimum absolute atomic E-state index is 0.410. The molecule has 1 nitrogen and oxygen atoms in total. The Morgan fingerprint density at radius 3 is 2.17 bits per heavy atom. The summed E-state index contributed by atoms with van der Waals surface area (Å²) in [4.78, 5) is 0. The molecule has 0 fully saturated rings. The number of hydrogen-bond acceptors (Lipinski definition) is 1. The summed E-state index contributed by atoms with van der Waals surface area (Å²) in [5, 5.41) is 2.14. The number of methoxy groups -OCH3 is 1. The van der Waals surface area contributed by atoms with Gasteiger partial charge in [-0.1, -0.05) is 45.2 Å². The maximum atomic E-state index is 5.00. The van der Waals surface area contributed by atoms with Gasteiger partial charge in [0.2, 0.25) is 0 Å². The van der Waals surface area contributed by atoms with Crippen LogP contribution in [0.4, 0.5) is 0 Å². The van der Waals surface area contributed by atoms with Crippen LogP contribution in [0.1, 0.15) is 26.2 Å². The Morgan fingerprint density at radius 1 is 1.17 bits per heavy atom. The third kappa shape index (κ3) is 5.55. The summed E-state index contributed by atoms with van der Waals surface area (Å²) in [6, 6.07) is 0. The molecule has 0 aromatic heterocycles. The second-order valence-corrected chi connectivity index (χ2v) is 4.65. The summed E-state index contributed by atoms with van der Waals surface area (Å²) in [5.74, 6) is 0. The van der Waals surface area contributed by atoms with Crippen LogP contribution >= 0.6 is 31.9 Å². The van der Waals surface area contributed by atoms with Gasteiger partial charge in [0, 0.05) is 24.4 Å². The molecular formula is C9H18Br2O. The highest BCUT2D eigenvalue weighted by Gasteiger charge is 2.20. The zero-order valence-electron chi connectivity index (χ0n) is 7.91. The Morgan fingerprint density at radius 2 is 1.75 bits per heavy atom. The van der Waals surface area contributed by atoms with Crippen molar-refractivity contribution in [2.45, 2.75) is 26.2 Å². The highest BCUT2D eigenvalue weighted by molar-refractivity contribution is 9.09. The summed E-state index contributed by atoms with van der Waals surface area (Å²) in [5.41, 5.74) is 0.410. The SMILES string of the molecule is COCCCCC(C)(CBr)CBr. The first-order valence-electron chi connectivity index (χ1n) is 4.29. The van der Waals surface area contributed by atoms with E-state index in [0.29, 0.717) is 5.41 Å². The topological polar surface area (TPSA) is 9.23 Å². The van der Waals surface area contributed by atoms with E-state index in [0.717, 1.165) is 17.3 Å². The Kier molecular flexibility index (Phi) is 7.90. The summed E-state index contributed by atoms with van der Waals surface area (Å²) < 4.78 is 5.00. The molecule has 0 rings (SSSR count). The fourth-order valence-corrected chi connectivity index (χ4v) is 2.46. The average molecular weight is 302 g/mol. The van der Waals surface area contributed by atoms with E-state index in [4.69, 9.17) is 4.74 Å². The third-order valence-electron chi connectivity index (χ3n) is 2.02. The van der Waals surface area contributed by atoms with Crippen LogP contribution in [0.15, 0.2) is 0 Å². The van der Waals surface area contributed by atoms with E-state index in [9.17, 15) is 0 Å². The monoisotopic (exact) mass is 300 g/mol. The molecule has 0 unspecified atom stereocenters.